The van der Waals surface area contributed by atoms with E-state index in [1.165, 1.54) is 0 Å². The van der Waals surface area contributed by atoms with E-state index < -0.39 is 5.97 Å². The SMILES string of the molecule is O=C(O)c1ccccc1CC[C@H](Br)c1cccc(C=Cc2ccc3ccc(Cl)cc3n2)c1. The van der Waals surface area contributed by atoms with Crippen LogP contribution in [0.3, 0.4) is 0 Å². The quantitative estimate of drug-likeness (QED) is 0.260. The van der Waals surface area contributed by atoms with E-state index in [0.717, 1.165) is 39.7 Å². The van der Waals surface area contributed by atoms with Crippen LogP contribution in [0.2, 0.25) is 5.02 Å². The first-order valence-corrected chi connectivity index (χ1v) is 11.6. The van der Waals surface area contributed by atoms with Gasteiger partial charge in [-0.15, -0.1) is 0 Å². The summed E-state index contributed by atoms with van der Waals surface area (Å²) in [5, 5.41) is 11.1. The average molecular weight is 507 g/mol. The number of nitrogens with zero attached hydrogens (tertiary/aromatic N) is 1. The molecule has 5 heteroatoms. The minimum atomic E-state index is -0.886. The van der Waals surface area contributed by atoms with E-state index in [9.17, 15) is 9.90 Å². The topological polar surface area (TPSA) is 50.2 Å². The smallest absolute Gasteiger partial charge is 0.335 e. The minimum absolute atomic E-state index is 0.124. The number of aromatic nitrogens is 1. The Labute approximate surface area is 200 Å². The molecule has 0 saturated heterocycles. The van der Waals surface area contributed by atoms with Gasteiger partial charge in [0.2, 0.25) is 0 Å². The number of carbonyl (C=O) groups is 1. The molecule has 0 amide bonds. The summed E-state index contributed by atoms with van der Waals surface area (Å²) in [5.74, 6) is -0.886. The lowest BCUT2D eigenvalue weighted by Gasteiger charge is -2.12. The molecule has 0 aliphatic rings. The molecule has 1 heterocycles. The second-order valence-electron chi connectivity index (χ2n) is 7.55. The van der Waals surface area contributed by atoms with Crippen molar-refractivity contribution in [1.29, 1.82) is 0 Å². The van der Waals surface area contributed by atoms with Crippen LogP contribution in [0.25, 0.3) is 23.1 Å². The van der Waals surface area contributed by atoms with Crippen LogP contribution in [0, 0.1) is 0 Å². The minimum Gasteiger partial charge on any atom is -0.478 e. The van der Waals surface area contributed by atoms with Crippen LogP contribution in [0.1, 0.15) is 44.0 Å². The molecular formula is C27H21BrClNO2. The van der Waals surface area contributed by atoms with Gasteiger partial charge < -0.3 is 5.11 Å². The lowest BCUT2D eigenvalue weighted by Crippen LogP contribution is -2.03. The summed E-state index contributed by atoms with van der Waals surface area (Å²) >= 11 is 9.86. The van der Waals surface area contributed by atoms with Crippen LogP contribution in [0.5, 0.6) is 0 Å². The fourth-order valence-corrected chi connectivity index (χ4v) is 4.31. The molecule has 0 aliphatic heterocycles. The van der Waals surface area contributed by atoms with E-state index in [2.05, 4.69) is 39.1 Å². The van der Waals surface area contributed by atoms with Crippen LogP contribution in [-0.2, 0) is 6.42 Å². The lowest BCUT2D eigenvalue weighted by molar-refractivity contribution is 0.0695. The zero-order chi connectivity index (χ0) is 22.5. The Morgan fingerprint density at radius 3 is 2.66 bits per heavy atom. The number of rotatable bonds is 7. The van der Waals surface area contributed by atoms with Crippen molar-refractivity contribution in [1.82, 2.24) is 4.98 Å². The highest BCUT2D eigenvalue weighted by atomic mass is 79.9. The standard InChI is InChI=1S/C27H21BrClNO2/c28-25(15-11-19-5-1-2-7-24(19)27(31)32)21-6-3-4-18(16-21)8-13-23-14-10-20-9-12-22(29)17-26(20)30-23/h1-10,12-14,16-17,25H,11,15H2,(H,31,32)/t25-/m0/s1. The molecule has 0 saturated carbocycles. The van der Waals surface area contributed by atoms with Crippen molar-refractivity contribution >= 4 is 56.6 Å². The molecule has 1 N–H and O–H groups in total. The van der Waals surface area contributed by atoms with E-state index in [0.29, 0.717) is 17.0 Å². The summed E-state index contributed by atoms with van der Waals surface area (Å²) in [6.45, 7) is 0. The zero-order valence-corrected chi connectivity index (χ0v) is 19.6. The first-order chi connectivity index (χ1) is 15.5. The third-order valence-electron chi connectivity index (χ3n) is 5.31. The Morgan fingerprint density at radius 1 is 1.00 bits per heavy atom. The lowest BCUT2D eigenvalue weighted by atomic mass is 9.99. The molecule has 4 aromatic rings. The van der Waals surface area contributed by atoms with Crippen LogP contribution in [-0.4, -0.2) is 16.1 Å². The molecule has 0 aliphatic carbocycles. The van der Waals surface area contributed by atoms with Gasteiger partial charge in [-0.05, 0) is 59.9 Å². The van der Waals surface area contributed by atoms with E-state index in [1.807, 2.05) is 60.7 Å². The number of hydrogen-bond acceptors (Lipinski definition) is 2. The Kier molecular flexibility index (Phi) is 7.03. The molecule has 160 valence electrons. The van der Waals surface area contributed by atoms with Gasteiger partial charge in [0, 0.05) is 15.2 Å². The maximum Gasteiger partial charge on any atom is 0.335 e. The Balaban J connectivity index is 1.47. The molecule has 0 radical (unpaired) electrons. The van der Waals surface area contributed by atoms with Crippen LogP contribution in [0.15, 0.2) is 78.9 Å². The average Bonchev–Trinajstić information content (AvgIpc) is 2.81. The molecule has 1 atom stereocenters. The summed E-state index contributed by atoms with van der Waals surface area (Å²) in [6.07, 6.45) is 5.51. The molecule has 0 bridgehead atoms. The summed E-state index contributed by atoms with van der Waals surface area (Å²) in [6, 6.07) is 25.2. The van der Waals surface area contributed by atoms with Crippen molar-refractivity contribution in [2.45, 2.75) is 17.7 Å². The fourth-order valence-electron chi connectivity index (χ4n) is 3.63. The van der Waals surface area contributed by atoms with E-state index in [1.54, 1.807) is 12.1 Å². The highest BCUT2D eigenvalue weighted by molar-refractivity contribution is 9.09. The highest BCUT2D eigenvalue weighted by Crippen LogP contribution is 2.29. The number of aromatic carboxylic acids is 1. The number of pyridine rings is 1. The van der Waals surface area contributed by atoms with Gasteiger partial charge in [0.05, 0.1) is 16.8 Å². The maximum atomic E-state index is 11.4. The number of fused-ring (bicyclic) bond motifs is 1. The number of alkyl halides is 1. The van der Waals surface area contributed by atoms with E-state index in [4.69, 9.17) is 11.6 Å². The van der Waals surface area contributed by atoms with Gasteiger partial charge >= 0.3 is 5.97 Å². The van der Waals surface area contributed by atoms with Crippen molar-refractivity contribution in [3.8, 4) is 0 Å². The van der Waals surface area contributed by atoms with E-state index >= 15 is 0 Å². The molecule has 0 fully saturated rings. The summed E-state index contributed by atoms with van der Waals surface area (Å²) in [4.78, 5) is 16.2. The second kappa shape index (κ2) is 10.1. The third kappa shape index (κ3) is 5.45. The van der Waals surface area contributed by atoms with Gasteiger partial charge in [-0.25, -0.2) is 9.78 Å². The predicted molar refractivity (Wildman–Crippen MR) is 136 cm³/mol. The summed E-state index contributed by atoms with van der Waals surface area (Å²) in [7, 11) is 0. The number of benzene rings is 3. The van der Waals surface area contributed by atoms with Crippen LogP contribution >= 0.6 is 27.5 Å². The molecule has 0 spiro atoms. The van der Waals surface area contributed by atoms with Gasteiger partial charge in [-0.2, -0.15) is 0 Å². The van der Waals surface area contributed by atoms with Gasteiger partial charge in [0.25, 0.3) is 0 Å². The van der Waals surface area contributed by atoms with Crippen molar-refractivity contribution in [3.05, 3.63) is 112 Å². The van der Waals surface area contributed by atoms with Crippen molar-refractivity contribution in [3.63, 3.8) is 0 Å². The monoisotopic (exact) mass is 505 g/mol. The summed E-state index contributed by atoms with van der Waals surface area (Å²) in [5.41, 5.74) is 5.18. The van der Waals surface area contributed by atoms with Crippen LogP contribution < -0.4 is 0 Å². The van der Waals surface area contributed by atoms with Crippen LogP contribution in [0.4, 0.5) is 0 Å². The molecule has 32 heavy (non-hydrogen) atoms. The molecular weight excluding hydrogens is 486 g/mol. The number of halogens is 2. The zero-order valence-electron chi connectivity index (χ0n) is 17.2. The first-order valence-electron chi connectivity index (χ1n) is 10.3. The van der Waals surface area contributed by atoms with E-state index in [-0.39, 0.29) is 4.83 Å². The Morgan fingerprint density at radius 2 is 1.81 bits per heavy atom. The number of hydrogen-bond donors (Lipinski definition) is 1. The van der Waals surface area contributed by atoms with Gasteiger partial charge in [0.15, 0.2) is 0 Å². The van der Waals surface area contributed by atoms with Crippen molar-refractivity contribution in [2.24, 2.45) is 0 Å². The normalized spacial score (nSPS) is 12.3. The largest absolute Gasteiger partial charge is 0.478 e. The molecule has 3 aromatic carbocycles. The third-order valence-corrected chi connectivity index (χ3v) is 6.53. The van der Waals surface area contributed by atoms with Gasteiger partial charge in [0.1, 0.15) is 0 Å². The number of aryl methyl sites for hydroxylation is 1. The highest BCUT2D eigenvalue weighted by Gasteiger charge is 2.12. The van der Waals surface area contributed by atoms with Gasteiger partial charge in [-0.1, -0.05) is 88.2 Å². The molecule has 1 aromatic heterocycles. The number of carboxylic acids is 1. The fraction of sp³-hybridized carbons (Fsp3) is 0.111. The van der Waals surface area contributed by atoms with Gasteiger partial charge in [-0.3, -0.25) is 0 Å². The Hall–Kier alpha value is -2.95. The summed E-state index contributed by atoms with van der Waals surface area (Å²) < 4.78 is 0. The van der Waals surface area contributed by atoms with Crippen molar-refractivity contribution < 1.29 is 9.90 Å². The molecule has 4 rings (SSSR count). The first kappa shape index (κ1) is 22.3. The molecule has 3 nitrogen and oxygen atoms in total. The second-order valence-corrected chi connectivity index (χ2v) is 9.09. The predicted octanol–water partition coefficient (Wildman–Crippen LogP) is 7.83. The maximum absolute atomic E-state index is 11.4. The Bertz CT molecular complexity index is 1300. The molecule has 0 unspecified atom stereocenters. The number of carboxylic acid groups (broad SMARTS) is 1. The van der Waals surface area contributed by atoms with Crippen molar-refractivity contribution in [2.75, 3.05) is 0 Å².